The van der Waals surface area contributed by atoms with Crippen molar-refractivity contribution in [3.8, 4) is 5.88 Å². The molecule has 0 unspecified atom stereocenters. The molecule has 2 aromatic rings. The van der Waals surface area contributed by atoms with Crippen molar-refractivity contribution < 1.29 is 14.3 Å². The van der Waals surface area contributed by atoms with E-state index in [0.29, 0.717) is 11.4 Å². The second kappa shape index (κ2) is 9.06. The molecule has 1 amide bonds. The number of hydrogen-bond donors (Lipinski definition) is 1. The summed E-state index contributed by atoms with van der Waals surface area (Å²) in [6, 6.07) is 13.8. The molecule has 1 N–H and O–H groups in total. The van der Waals surface area contributed by atoms with Gasteiger partial charge in [0, 0.05) is 42.6 Å². The standard InChI is InChI=1S/C22H27N3O3/c26-22(17-4-8-19(9-5-17)25-13-15-27-16-14-25)24-18-6-10-20(11-7-18)28-21-3-1-2-12-23-21/h1-5,8-9,12,18,20H,6-7,10-11,13-16H2,(H,24,26). The monoisotopic (exact) mass is 381 g/mol. The fourth-order valence-corrected chi connectivity index (χ4v) is 3.83. The maximum atomic E-state index is 12.6. The largest absolute Gasteiger partial charge is 0.474 e. The molecule has 6 heteroatoms. The molecule has 0 atom stereocenters. The van der Waals surface area contributed by atoms with Gasteiger partial charge < -0.3 is 19.7 Å². The summed E-state index contributed by atoms with van der Waals surface area (Å²) in [5, 5.41) is 3.17. The number of morpholine rings is 1. The highest BCUT2D eigenvalue weighted by molar-refractivity contribution is 5.94. The zero-order chi connectivity index (χ0) is 19.2. The van der Waals surface area contributed by atoms with Crippen LogP contribution in [0.3, 0.4) is 0 Å². The van der Waals surface area contributed by atoms with Gasteiger partial charge in [0.2, 0.25) is 5.88 Å². The first-order valence-electron chi connectivity index (χ1n) is 10.1. The maximum absolute atomic E-state index is 12.6. The van der Waals surface area contributed by atoms with Gasteiger partial charge >= 0.3 is 0 Å². The molecular formula is C22H27N3O3. The highest BCUT2D eigenvalue weighted by atomic mass is 16.5. The molecule has 1 aromatic heterocycles. The normalized spacial score (nSPS) is 22.5. The molecule has 0 radical (unpaired) electrons. The lowest BCUT2D eigenvalue weighted by Crippen LogP contribution is -2.39. The summed E-state index contributed by atoms with van der Waals surface area (Å²) < 4.78 is 11.3. The molecule has 1 aromatic carbocycles. The van der Waals surface area contributed by atoms with Crippen LogP contribution in [-0.2, 0) is 4.74 Å². The number of pyridine rings is 1. The van der Waals surface area contributed by atoms with Crippen molar-refractivity contribution in [2.45, 2.75) is 37.8 Å². The lowest BCUT2D eigenvalue weighted by molar-refractivity contribution is 0.0890. The predicted molar refractivity (Wildman–Crippen MR) is 108 cm³/mol. The number of rotatable bonds is 5. The number of nitrogens with zero attached hydrogens (tertiary/aromatic N) is 2. The van der Waals surface area contributed by atoms with E-state index < -0.39 is 0 Å². The number of nitrogens with one attached hydrogen (secondary N) is 1. The second-order valence-electron chi connectivity index (χ2n) is 7.38. The molecule has 0 bridgehead atoms. The van der Waals surface area contributed by atoms with Crippen LogP contribution < -0.4 is 15.0 Å². The fourth-order valence-electron chi connectivity index (χ4n) is 3.83. The lowest BCUT2D eigenvalue weighted by Gasteiger charge is -2.29. The molecule has 1 saturated heterocycles. The molecule has 6 nitrogen and oxygen atoms in total. The van der Waals surface area contributed by atoms with E-state index >= 15 is 0 Å². The Morgan fingerprint density at radius 3 is 2.46 bits per heavy atom. The molecule has 28 heavy (non-hydrogen) atoms. The topological polar surface area (TPSA) is 63.7 Å². The second-order valence-corrected chi connectivity index (χ2v) is 7.38. The summed E-state index contributed by atoms with van der Waals surface area (Å²) in [6.45, 7) is 3.31. The first-order valence-corrected chi connectivity index (χ1v) is 10.1. The molecule has 148 valence electrons. The quantitative estimate of drug-likeness (QED) is 0.863. The van der Waals surface area contributed by atoms with Gasteiger partial charge in [0.15, 0.2) is 0 Å². The Kier molecular flexibility index (Phi) is 6.07. The zero-order valence-corrected chi connectivity index (χ0v) is 16.0. The highest BCUT2D eigenvalue weighted by Crippen LogP contribution is 2.23. The average molecular weight is 381 g/mol. The number of benzene rings is 1. The van der Waals surface area contributed by atoms with Crippen LogP contribution in [-0.4, -0.2) is 49.3 Å². The summed E-state index contributed by atoms with van der Waals surface area (Å²) in [5.74, 6) is 0.679. The minimum Gasteiger partial charge on any atom is -0.474 e. The minimum absolute atomic E-state index is 0.00243. The van der Waals surface area contributed by atoms with Gasteiger partial charge in [-0.3, -0.25) is 4.79 Å². The van der Waals surface area contributed by atoms with Gasteiger partial charge in [-0.15, -0.1) is 0 Å². The number of carbonyl (C=O) groups excluding carboxylic acids is 1. The molecule has 2 aliphatic rings. The van der Waals surface area contributed by atoms with Gasteiger partial charge in [-0.05, 0) is 56.0 Å². The molecular weight excluding hydrogens is 354 g/mol. The summed E-state index contributed by atoms with van der Waals surface area (Å²) in [7, 11) is 0. The van der Waals surface area contributed by atoms with Crippen molar-refractivity contribution in [1.82, 2.24) is 10.3 Å². The summed E-state index contributed by atoms with van der Waals surface area (Å²) in [4.78, 5) is 19.1. The van der Waals surface area contributed by atoms with E-state index in [-0.39, 0.29) is 18.1 Å². The van der Waals surface area contributed by atoms with Crippen LogP contribution in [0.2, 0.25) is 0 Å². The van der Waals surface area contributed by atoms with Crippen LogP contribution in [0.4, 0.5) is 5.69 Å². The predicted octanol–water partition coefficient (Wildman–Crippen LogP) is 3.04. The first-order chi connectivity index (χ1) is 13.8. The smallest absolute Gasteiger partial charge is 0.251 e. The van der Waals surface area contributed by atoms with E-state index in [0.717, 1.165) is 57.7 Å². The van der Waals surface area contributed by atoms with Crippen molar-refractivity contribution >= 4 is 11.6 Å². The Hall–Kier alpha value is -2.60. The molecule has 0 spiro atoms. The third kappa shape index (κ3) is 4.81. The van der Waals surface area contributed by atoms with Crippen LogP contribution in [0, 0.1) is 0 Å². The molecule has 4 rings (SSSR count). The Morgan fingerprint density at radius 2 is 1.79 bits per heavy atom. The van der Waals surface area contributed by atoms with Crippen molar-refractivity contribution in [2.75, 3.05) is 31.2 Å². The van der Waals surface area contributed by atoms with E-state index in [1.54, 1.807) is 6.20 Å². The van der Waals surface area contributed by atoms with E-state index in [1.807, 2.05) is 42.5 Å². The van der Waals surface area contributed by atoms with Crippen LogP contribution in [0.5, 0.6) is 5.88 Å². The Labute approximate surface area is 165 Å². The summed E-state index contributed by atoms with van der Waals surface area (Å²) in [5.41, 5.74) is 1.86. The zero-order valence-electron chi connectivity index (χ0n) is 16.0. The highest BCUT2D eigenvalue weighted by Gasteiger charge is 2.24. The van der Waals surface area contributed by atoms with Gasteiger partial charge in [0.25, 0.3) is 5.91 Å². The van der Waals surface area contributed by atoms with Crippen LogP contribution in [0.25, 0.3) is 0 Å². The molecule has 1 saturated carbocycles. The Bertz CT molecular complexity index is 752. The maximum Gasteiger partial charge on any atom is 0.251 e. The van der Waals surface area contributed by atoms with Gasteiger partial charge in [-0.25, -0.2) is 4.98 Å². The third-order valence-corrected chi connectivity index (χ3v) is 5.44. The minimum atomic E-state index is 0.00243. The van der Waals surface area contributed by atoms with E-state index in [4.69, 9.17) is 9.47 Å². The number of anilines is 1. The van der Waals surface area contributed by atoms with Crippen LogP contribution >= 0.6 is 0 Å². The average Bonchev–Trinajstić information content (AvgIpc) is 2.76. The number of amides is 1. The number of ether oxygens (including phenoxy) is 2. The number of carbonyl (C=O) groups is 1. The molecule has 2 fully saturated rings. The number of aromatic nitrogens is 1. The van der Waals surface area contributed by atoms with E-state index in [1.165, 1.54) is 0 Å². The van der Waals surface area contributed by atoms with Gasteiger partial charge in [0.1, 0.15) is 6.10 Å². The van der Waals surface area contributed by atoms with Gasteiger partial charge in [-0.2, -0.15) is 0 Å². The summed E-state index contributed by atoms with van der Waals surface area (Å²) >= 11 is 0. The van der Waals surface area contributed by atoms with E-state index in [9.17, 15) is 4.79 Å². The van der Waals surface area contributed by atoms with Crippen molar-refractivity contribution in [3.05, 3.63) is 54.2 Å². The Balaban J connectivity index is 1.25. The SMILES string of the molecule is O=C(NC1CCC(Oc2ccccn2)CC1)c1ccc(N2CCOCC2)cc1. The van der Waals surface area contributed by atoms with Crippen molar-refractivity contribution in [1.29, 1.82) is 0 Å². The van der Waals surface area contributed by atoms with Gasteiger partial charge in [0.05, 0.1) is 13.2 Å². The molecule has 1 aliphatic carbocycles. The summed E-state index contributed by atoms with van der Waals surface area (Å²) in [6.07, 6.45) is 5.63. The van der Waals surface area contributed by atoms with Crippen LogP contribution in [0.1, 0.15) is 36.0 Å². The third-order valence-electron chi connectivity index (χ3n) is 5.44. The lowest BCUT2D eigenvalue weighted by atomic mass is 9.92. The van der Waals surface area contributed by atoms with Crippen molar-refractivity contribution in [2.24, 2.45) is 0 Å². The van der Waals surface area contributed by atoms with E-state index in [2.05, 4.69) is 15.2 Å². The molecule has 2 heterocycles. The fraction of sp³-hybridized carbons (Fsp3) is 0.455. The van der Waals surface area contributed by atoms with Crippen molar-refractivity contribution in [3.63, 3.8) is 0 Å². The van der Waals surface area contributed by atoms with Crippen LogP contribution in [0.15, 0.2) is 48.7 Å². The number of hydrogen-bond acceptors (Lipinski definition) is 5. The van der Waals surface area contributed by atoms with Gasteiger partial charge in [-0.1, -0.05) is 6.07 Å². The Morgan fingerprint density at radius 1 is 1.04 bits per heavy atom. The molecule has 1 aliphatic heterocycles. The first kappa shape index (κ1) is 18.7.